The summed E-state index contributed by atoms with van der Waals surface area (Å²) in [6.07, 6.45) is 3.35. The summed E-state index contributed by atoms with van der Waals surface area (Å²) in [5.74, 6) is 1.04. The first-order chi connectivity index (χ1) is 14.6. The summed E-state index contributed by atoms with van der Waals surface area (Å²) in [5, 5.41) is 7.93. The van der Waals surface area contributed by atoms with Crippen LogP contribution in [-0.2, 0) is 18.3 Å². The van der Waals surface area contributed by atoms with Crippen molar-refractivity contribution in [2.45, 2.75) is 31.7 Å². The molecule has 1 aliphatic heterocycles. The number of hydrogen-bond donors (Lipinski definition) is 1. The van der Waals surface area contributed by atoms with Gasteiger partial charge in [0, 0.05) is 38.2 Å². The summed E-state index contributed by atoms with van der Waals surface area (Å²) in [5.41, 5.74) is 2.64. The van der Waals surface area contributed by atoms with Gasteiger partial charge in [0.05, 0.1) is 42.8 Å². The Hall–Kier alpha value is -2.09. The molecule has 1 saturated carbocycles. The van der Waals surface area contributed by atoms with Crippen molar-refractivity contribution in [3.05, 3.63) is 46.2 Å². The van der Waals surface area contributed by atoms with E-state index in [1.54, 1.807) is 18.2 Å². The topological polar surface area (TPSA) is 68.6 Å². The van der Waals surface area contributed by atoms with E-state index in [1.165, 1.54) is 12.8 Å². The van der Waals surface area contributed by atoms with Gasteiger partial charge in [0.2, 0.25) is 0 Å². The largest absolute Gasteiger partial charge is 0.492 e. The Morgan fingerprint density at radius 3 is 2.83 bits per heavy atom. The number of aryl methyl sites for hydroxylation is 1. The van der Waals surface area contributed by atoms with Gasteiger partial charge in [-0.3, -0.25) is 14.4 Å². The van der Waals surface area contributed by atoms with Crippen LogP contribution in [-0.4, -0.2) is 60.0 Å². The Labute approximate surface area is 182 Å². The molecule has 1 aliphatic carbocycles. The van der Waals surface area contributed by atoms with Gasteiger partial charge >= 0.3 is 0 Å². The minimum absolute atomic E-state index is 0.162. The highest BCUT2D eigenvalue weighted by Gasteiger charge is 2.26. The number of aromatic nitrogens is 2. The van der Waals surface area contributed by atoms with Crippen LogP contribution < -0.4 is 10.1 Å². The maximum Gasteiger partial charge on any atom is 0.251 e. The molecule has 2 aromatic rings. The van der Waals surface area contributed by atoms with E-state index in [-0.39, 0.29) is 5.91 Å². The Kier molecular flexibility index (Phi) is 6.92. The molecule has 30 heavy (non-hydrogen) atoms. The number of hydrogen-bond acceptors (Lipinski definition) is 5. The monoisotopic (exact) mass is 432 g/mol. The SMILES string of the molecule is Cn1nc(C2CC2)cc1CNC(=O)c1ccc(OCCCN2CCOCC2)c(Cl)c1. The number of carbonyl (C=O) groups excluding carboxylic acids is 1. The Bertz CT molecular complexity index is 875. The van der Waals surface area contributed by atoms with Crippen molar-refractivity contribution < 1.29 is 14.3 Å². The van der Waals surface area contributed by atoms with Crippen LogP contribution in [0.4, 0.5) is 0 Å². The summed E-state index contributed by atoms with van der Waals surface area (Å²) in [6.45, 7) is 5.57. The number of nitrogens with one attached hydrogen (secondary N) is 1. The van der Waals surface area contributed by atoms with Crippen LogP contribution in [0.25, 0.3) is 0 Å². The first kappa shape index (κ1) is 21.2. The molecule has 1 amide bonds. The van der Waals surface area contributed by atoms with Crippen LogP contribution in [0.3, 0.4) is 0 Å². The molecule has 1 aromatic heterocycles. The zero-order valence-corrected chi connectivity index (χ0v) is 18.2. The molecule has 0 bridgehead atoms. The third-order valence-electron chi connectivity index (χ3n) is 5.60. The van der Waals surface area contributed by atoms with E-state index in [1.807, 2.05) is 11.7 Å². The van der Waals surface area contributed by atoms with Gasteiger partial charge in [-0.1, -0.05) is 11.6 Å². The van der Waals surface area contributed by atoms with Crippen LogP contribution in [0.1, 0.15) is 46.9 Å². The Balaban J connectivity index is 1.24. The quantitative estimate of drug-likeness (QED) is 0.617. The van der Waals surface area contributed by atoms with E-state index in [0.717, 1.165) is 50.7 Å². The number of morpholine rings is 1. The molecule has 2 aliphatic rings. The molecule has 0 atom stereocenters. The summed E-state index contributed by atoms with van der Waals surface area (Å²) in [4.78, 5) is 14.9. The maximum atomic E-state index is 12.5. The second-order valence-electron chi connectivity index (χ2n) is 7.94. The third kappa shape index (κ3) is 5.53. The van der Waals surface area contributed by atoms with Crippen molar-refractivity contribution >= 4 is 17.5 Å². The average Bonchev–Trinajstić information content (AvgIpc) is 3.54. The number of nitrogens with zero attached hydrogens (tertiary/aromatic N) is 3. The molecular formula is C22H29ClN4O3. The first-order valence-electron chi connectivity index (χ1n) is 10.6. The predicted molar refractivity (Wildman–Crippen MR) is 115 cm³/mol. The maximum absolute atomic E-state index is 12.5. The van der Waals surface area contributed by atoms with Crippen LogP contribution in [0.2, 0.25) is 5.02 Å². The normalized spacial score (nSPS) is 17.1. The third-order valence-corrected chi connectivity index (χ3v) is 5.89. The lowest BCUT2D eigenvalue weighted by Crippen LogP contribution is -2.37. The van der Waals surface area contributed by atoms with Gasteiger partial charge in [-0.25, -0.2) is 0 Å². The molecule has 0 radical (unpaired) electrons. The number of amides is 1. The fourth-order valence-corrected chi connectivity index (χ4v) is 3.84. The van der Waals surface area contributed by atoms with Gasteiger partial charge < -0.3 is 14.8 Å². The summed E-state index contributed by atoms with van der Waals surface area (Å²) >= 11 is 6.34. The van der Waals surface area contributed by atoms with Gasteiger partial charge in [-0.15, -0.1) is 0 Å². The zero-order valence-electron chi connectivity index (χ0n) is 17.4. The predicted octanol–water partition coefficient (Wildman–Crippen LogP) is 2.98. The van der Waals surface area contributed by atoms with Crippen LogP contribution in [0, 0.1) is 0 Å². The van der Waals surface area contributed by atoms with Crippen molar-refractivity contribution in [3.63, 3.8) is 0 Å². The molecule has 1 saturated heterocycles. The van der Waals surface area contributed by atoms with Crippen molar-refractivity contribution in [1.29, 1.82) is 0 Å². The fraction of sp³-hybridized carbons (Fsp3) is 0.545. The number of halogens is 1. The Morgan fingerprint density at radius 2 is 2.10 bits per heavy atom. The standard InChI is InChI=1S/C22H29ClN4O3/c1-26-18(14-20(25-26)16-3-4-16)15-24-22(28)17-5-6-21(19(23)13-17)30-10-2-7-27-8-11-29-12-9-27/h5-6,13-14,16H,2-4,7-12,15H2,1H3,(H,24,28). The van der Waals surface area contributed by atoms with Crippen LogP contribution in [0.5, 0.6) is 5.75 Å². The summed E-state index contributed by atoms with van der Waals surface area (Å²) < 4.78 is 13.0. The molecule has 1 aromatic carbocycles. The molecule has 0 unspecified atom stereocenters. The van der Waals surface area contributed by atoms with E-state index in [2.05, 4.69) is 21.4 Å². The smallest absolute Gasteiger partial charge is 0.251 e. The van der Waals surface area contributed by atoms with Crippen LogP contribution >= 0.6 is 11.6 Å². The lowest BCUT2D eigenvalue weighted by molar-refractivity contribution is 0.0358. The highest BCUT2D eigenvalue weighted by molar-refractivity contribution is 6.32. The lowest BCUT2D eigenvalue weighted by Gasteiger charge is -2.26. The van der Waals surface area contributed by atoms with Crippen LogP contribution in [0.15, 0.2) is 24.3 Å². The molecule has 1 N–H and O–H groups in total. The number of carbonyl (C=O) groups is 1. The minimum atomic E-state index is -0.162. The van der Waals surface area contributed by atoms with E-state index in [0.29, 0.717) is 35.4 Å². The summed E-state index contributed by atoms with van der Waals surface area (Å²) in [6, 6.07) is 7.25. The number of rotatable bonds is 9. The second kappa shape index (κ2) is 9.81. The molecule has 7 nitrogen and oxygen atoms in total. The van der Waals surface area contributed by atoms with Crippen molar-refractivity contribution in [2.75, 3.05) is 39.5 Å². The molecule has 0 spiro atoms. The number of benzene rings is 1. The van der Waals surface area contributed by atoms with E-state index in [4.69, 9.17) is 21.1 Å². The minimum Gasteiger partial charge on any atom is -0.492 e. The first-order valence-corrected chi connectivity index (χ1v) is 11.0. The molecule has 162 valence electrons. The summed E-state index contributed by atoms with van der Waals surface area (Å²) in [7, 11) is 1.91. The molecule has 4 rings (SSSR count). The highest BCUT2D eigenvalue weighted by atomic mass is 35.5. The van der Waals surface area contributed by atoms with E-state index in [9.17, 15) is 4.79 Å². The molecule has 2 heterocycles. The van der Waals surface area contributed by atoms with E-state index >= 15 is 0 Å². The number of ether oxygens (including phenoxy) is 2. The molecular weight excluding hydrogens is 404 g/mol. The van der Waals surface area contributed by atoms with Crippen molar-refractivity contribution in [3.8, 4) is 5.75 Å². The van der Waals surface area contributed by atoms with Gasteiger partial charge in [-0.05, 0) is 43.5 Å². The zero-order chi connectivity index (χ0) is 20.9. The van der Waals surface area contributed by atoms with Gasteiger partial charge in [0.25, 0.3) is 5.91 Å². The Morgan fingerprint density at radius 1 is 1.30 bits per heavy atom. The lowest BCUT2D eigenvalue weighted by atomic mass is 10.2. The van der Waals surface area contributed by atoms with Gasteiger partial charge in [-0.2, -0.15) is 5.10 Å². The second-order valence-corrected chi connectivity index (χ2v) is 8.35. The molecule has 8 heteroatoms. The highest BCUT2D eigenvalue weighted by Crippen LogP contribution is 2.39. The molecule has 2 fully saturated rings. The average molecular weight is 433 g/mol. The fourth-order valence-electron chi connectivity index (χ4n) is 3.60. The van der Waals surface area contributed by atoms with E-state index < -0.39 is 0 Å². The van der Waals surface area contributed by atoms with Gasteiger partial charge in [0.1, 0.15) is 5.75 Å². The van der Waals surface area contributed by atoms with Crippen molar-refractivity contribution in [1.82, 2.24) is 20.0 Å². The van der Waals surface area contributed by atoms with Crippen molar-refractivity contribution in [2.24, 2.45) is 7.05 Å². The van der Waals surface area contributed by atoms with Gasteiger partial charge in [0.15, 0.2) is 0 Å².